The van der Waals surface area contributed by atoms with Gasteiger partial charge in [-0.1, -0.05) is 18.6 Å². The number of hydrogen-bond acceptors (Lipinski definition) is 4. The van der Waals surface area contributed by atoms with E-state index in [2.05, 4.69) is 17.4 Å². The Bertz CT molecular complexity index is 503. The van der Waals surface area contributed by atoms with E-state index < -0.39 is 0 Å². The predicted octanol–water partition coefficient (Wildman–Crippen LogP) is 3.48. The Labute approximate surface area is 134 Å². The topological polar surface area (TPSA) is 55.1 Å². The number of anilines is 1. The van der Waals surface area contributed by atoms with Gasteiger partial charge in [0.2, 0.25) is 5.91 Å². The van der Waals surface area contributed by atoms with Crippen LogP contribution in [0.15, 0.2) is 24.3 Å². The standard InChI is InChI=1S/C16H22N2OS2/c17-10-12-4-2-6-14(12)15(19)18-13-5-1-3-11(9-13)16-20-7-8-21-16/h1,3,5,9,12,14,16H,2,4,6-8,10,17H2,(H,18,19)/t12-,14-/m1/s1. The molecule has 1 aliphatic heterocycles. The molecule has 0 unspecified atom stereocenters. The number of benzene rings is 1. The third kappa shape index (κ3) is 3.58. The van der Waals surface area contributed by atoms with E-state index in [4.69, 9.17) is 5.73 Å². The number of amides is 1. The third-order valence-corrected chi connectivity index (χ3v) is 7.45. The Hall–Kier alpha value is -0.650. The maximum Gasteiger partial charge on any atom is 0.227 e. The number of thioether (sulfide) groups is 2. The second kappa shape index (κ2) is 7.07. The van der Waals surface area contributed by atoms with E-state index in [1.54, 1.807) is 0 Å². The molecule has 0 spiro atoms. The molecule has 0 bridgehead atoms. The average molecular weight is 322 g/mol. The van der Waals surface area contributed by atoms with Crippen molar-refractivity contribution >= 4 is 35.1 Å². The zero-order valence-corrected chi connectivity index (χ0v) is 13.7. The van der Waals surface area contributed by atoms with Gasteiger partial charge in [-0.15, -0.1) is 23.5 Å². The summed E-state index contributed by atoms with van der Waals surface area (Å²) in [6.45, 7) is 0.619. The van der Waals surface area contributed by atoms with Crippen LogP contribution < -0.4 is 11.1 Å². The van der Waals surface area contributed by atoms with Crippen molar-refractivity contribution in [3.05, 3.63) is 29.8 Å². The van der Waals surface area contributed by atoms with Crippen molar-refractivity contribution < 1.29 is 4.79 Å². The highest BCUT2D eigenvalue weighted by atomic mass is 32.2. The highest BCUT2D eigenvalue weighted by Crippen LogP contribution is 2.45. The van der Waals surface area contributed by atoms with Crippen LogP contribution in [0.1, 0.15) is 29.4 Å². The van der Waals surface area contributed by atoms with E-state index in [1.165, 1.54) is 17.1 Å². The number of hydrogen-bond donors (Lipinski definition) is 2. The van der Waals surface area contributed by atoms with Crippen LogP contribution in [-0.4, -0.2) is 24.0 Å². The van der Waals surface area contributed by atoms with E-state index in [0.29, 0.717) is 17.0 Å². The Morgan fingerprint density at radius 3 is 2.86 bits per heavy atom. The largest absolute Gasteiger partial charge is 0.330 e. The number of nitrogens with two attached hydrogens (primary N) is 1. The summed E-state index contributed by atoms with van der Waals surface area (Å²) in [6, 6.07) is 8.31. The monoisotopic (exact) mass is 322 g/mol. The molecule has 2 atom stereocenters. The van der Waals surface area contributed by atoms with Crippen LogP contribution in [0.2, 0.25) is 0 Å². The average Bonchev–Trinajstić information content (AvgIpc) is 3.18. The van der Waals surface area contributed by atoms with Gasteiger partial charge < -0.3 is 11.1 Å². The van der Waals surface area contributed by atoms with Crippen molar-refractivity contribution in [2.45, 2.75) is 23.8 Å². The van der Waals surface area contributed by atoms with E-state index in [0.717, 1.165) is 24.9 Å². The molecule has 3 N–H and O–H groups in total. The van der Waals surface area contributed by atoms with Gasteiger partial charge in [0.25, 0.3) is 0 Å². The first-order chi connectivity index (χ1) is 10.3. The Kier molecular flexibility index (Phi) is 5.14. The number of rotatable bonds is 4. The van der Waals surface area contributed by atoms with E-state index in [9.17, 15) is 4.79 Å². The summed E-state index contributed by atoms with van der Waals surface area (Å²) < 4.78 is 0.519. The molecule has 0 aromatic heterocycles. The Morgan fingerprint density at radius 2 is 2.10 bits per heavy atom. The SMILES string of the molecule is NC[C@H]1CCC[C@H]1C(=O)Nc1cccc(C2SCCS2)c1. The zero-order valence-electron chi connectivity index (χ0n) is 12.1. The normalized spacial score (nSPS) is 26.1. The second-order valence-corrected chi connectivity index (χ2v) is 8.45. The summed E-state index contributed by atoms with van der Waals surface area (Å²) in [4.78, 5) is 12.4. The van der Waals surface area contributed by atoms with Crippen LogP contribution >= 0.6 is 23.5 Å². The fourth-order valence-corrected chi connectivity index (χ4v) is 6.05. The molecule has 1 aliphatic carbocycles. The lowest BCUT2D eigenvalue weighted by Crippen LogP contribution is -2.29. The molecule has 21 heavy (non-hydrogen) atoms. The molecule has 114 valence electrons. The smallest absolute Gasteiger partial charge is 0.227 e. The third-order valence-electron chi connectivity index (χ3n) is 4.35. The first-order valence-electron chi connectivity index (χ1n) is 7.62. The summed E-state index contributed by atoms with van der Waals surface area (Å²) in [7, 11) is 0. The first-order valence-corrected chi connectivity index (χ1v) is 9.72. The summed E-state index contributed by atoms with van der Waals surface area (Å²) >= 11 is 3.97. The van der Waals surface area contributed by atoms with Crippen LogP contribution in [0.3, 0.4) is 0 Å². The second-order valence-electron chi connectivity index (χ2n) is 5.72. The van der Waals surface area contributed by atoms with Gasteiger partial charge in [-0.3, -0.25) is 4.79 Å². The number of carbonyl (C=O) groups excluding carboxylic acids is 1. The van der Waals surface area contributed by atoms with Crippen LogP contribution in [0.25, 0.3) is 0 Å². The number of carbonyl (C=O) groups is 1. The zero-order chi connectivity index (χ0) is 14.7. The van der Waals surface area contributed by atoms with Crippen molar-refractivity contribution in [1.82, 2.24) is 0 Å². The van der Waals surface area contributed by atoms with Gasteiger partial charge in [-0.2, -0.15) is 0 Å². The minimum Gasteiger partial charge on any atom is -0.330 e. The molecule has 3 nitrogen and oxygen atoms in total. The lowest BCUT2D eigenvalue weighted by Gasteiger charge is -2.18. The summed E-state index contributed by atoms with van der Waals surface area (Å²) in [6.07, 6.45) is 3.18. The van der Waals surface area contributed by atoms with Crippen molar-refractivity contribution in [3.8, 4) is 0 Å². The van der Waals surface area contributed by atoms with Crippen LogP contribution in [-0.2, 0) is 4.79 Å². The minimum absolute atomic E-state index is 0.0916. The lowest BCUT2D eigenvalue weighted by atomic mass is 9.95. The molecule has 1 amide bonds. The molecule has 2 fully saturated rings. The minimum atomic E-state index is 0.0916. The molecule has 1 saturated heterocycles. The lowest BCUT2D eigenvalue weighted by molar-refractivity contribution is -0.120. The molecular weight excluding hydrogens is 300 g/mol. The van der Waals surface area contributed by atoms with Gasteiger partial charge in [0, 0.05) is 23.1 Å². The molecule has 2 aliphatic rings. The van der Waals surface area contributed by atoms with E-state index >= 15 is 0 Å². The van der Waals surface area contributed by atoms with Gasteiger partial charge in [-0.25, -0.2) is 0 Å². The van der Waals surface area contributed by atoms with Gasteiger partial charge in [-0.05, 0) is 43.0 Å². The summed E-state index contributed by atoms with van der Waals surface area (Å²) in [5.41, 5.74) is 8.01. The Balaban J connectivity index is 1.67. The Morgan fingerprint density at radius 1 is 1.29 bits per heavy atom. The van der Waals surface area contributed by atoms with E-state index in [-0.39, 0.29) is 11.8 Å². The fraction of sp³-hybridized carbons (Fsp3) is 0.562. The van der Waals surface area contributed by atoms with Crippen molar-refractivity contribution in [3.63, 3.8) is 0 Å². The molecule has 5 heteroatoms. The van der Waals surface area contributed by atoms with Crippen LogP contribution in [0, 0.1) is 11.8 Å². The van der Waals surface area contributed by atoms with Crippen molar-refractivity contribution in [2.75, 3.05) is 23.4 Å². The molecule has 0 radical (unpaired) electrons. The highest BCUT2D eigenvalue weighted by molar-refractivity contribution is 8.19. The van der Waals surface area contributed by atoms with Gasteiger partial charge in [0.05, 0.1) is 4.58 Å². The maximum atomic E-state index is 12.4. The summed E-state index contributed by atoms with van der Waals surface area (Å²) in [5, 5.41) is 3.10. The fourth-order valence-electron chi connectivity index (χ4n) is 3.21. The van der Waals surface area contributed by atoms with Crippen molar-refractivity contribution in [1.29, 1.82) is 0 Å². The molecule has 1 aromatic rings. The highest BCUT2D eigenvalue weighted by Gasteiger charge is 2.32. The maximum absolute atomic E-state index is 12.4. The molecule has 3 rings (SSSR count). The quantitative estimate of drug-likeness (QED) is 0.891. The van der Waals surface area contributed by atoms with Crippen molar-refractivity contribution in [2.24, 2.45) is 17.6 Å². The summed E-state index contributed by atoms with van der Waals surface area (Å²) in [5.74, 6) is 3.02. The van der Waals surface area contributed by atoms with Gasteiger partial charge in [0.1, 0.15) is 0 Å². The van der Waals surface area contributed by atoms with Gasteiger partial charge in [0.15, 0.2) is 0 Å². The molecule has 1 heterocycles. The predicted molar refractivity (Wildman–Crippen MR) is 92.6 cm³/mol. The van der Waals surface area contributed by atoms with E-state index in [1.807, 2.05) is 35.7 Å². The molecule has 1 aromatic carbocycles. The molecule has 1 saturated carbocycles. The number of nitrogens with one attached hydrogen (secondary N) is 1. The molecular formula is C16H22N2OS2. The van der Waals surface area contributed by atoms with Crippen LogP contribution in [0.4, 0.5) is 5.69 Å². The first kappa shape index (κ1) is 15.3. The van der Waals surface area contributed by atoms with Gasteiger partial charge >= 0.3 is 0 Å². The van der Waals surface area contributed by atoms with Crippen LogP contribution in [0.5, 0.6) is 0 Å².